The van der Waals surface area contributed by atoms with Crippen LogP contribution in [-0.2, 0) is 12.8 Å². The Morgan fingerprint density at radius 2 is 1.67 bits per heavy atom. The van der Waals surface area contributed by atoms with E-state index in [0.717, 1.165) is 24.1 Å². The summed E-state index contributed by atoms with van der Waals surface area (Å²) in [7, 11) is 0. The number of hydrogen-bond donors (Lipinski definition) is 1. The summed E-state index contributed by atoms with van der Waals surface area (Å²) in [5.41, 5.74) is 7.97. The fourth-order valence-electron chi connectivity index (χ4n) is 3.41. The molecule has 3 nitrogen and oxygen atoms in total. The molecule has 0 radical (unpaired) electrons. The van der Waals surface area contributed by atoms with Crippen LogP contribution in [0.15, 0.2) is 65.8 Å². The number of amides is 1. The van der Waals surface area contributed by atoms with Crippen LogP contribution in [0, 0.1) is 0 Å². The highest BCUT2D eigenvalue weighted by atomic mass is 16.2. The van der Waals surface area contributed by atoms with Crippen LogP contribution in [0.25, 0.3) is 10.8 Å². The summed E-state index contributed by atoms with van der Waals surface area (Å²) in [5.74, 6) is -0.194. The van der Waals surface area contributed by atoms with E-state index in [1.54, 1.807) is 12.1 Å². The van der Waals surface area contributed by atoms with Gasteiger partial charge < -0.3 is 0 Å². The zero-order valence-corrected chi connectivity index (χ0v) is 13.5. The SMILES string of the molecule is C/C(=N\NC(=O)c1ccccc1)c1ccc2c3c(cccc13)CC2. The third kappa shape index (κ3) is 2.48. The van der Waals surface area contributed by atoms with E-state index in [4.69, 9.17) is 0 Å². The molecule has 0 unspecified atom stereocenters. The number of aryl methyl sites for hydroxylation is 2. The smallest absolute Gasteiger partial charge is 0.267 e. The first kappa shape index (κ1) is 14.6. The van der Waals surface area contributed by atoms with Crippen molar-refractivity contribution in [2.24, 2.45) is 5.10 Å². The van der Waals surface area contributed by atoms with Crippen LogP contribution < -0.4 is 5.43 Å². The van der Waals surface area contributed by atoms with E-state index < -0.39 is 0 Å². The van der Waals surface area contributed by atoms with Crippen LogP contribution in [0.2, 0.25) is 0 Å². The first-order chi connectivity index (χ1) is 11.7. The van der Waals surface area contributed by atoms with Crippen molar-refractivity contribution in [3.05, 3.63) is 82.9 Å². The van der Waals surface area contributed by atoms with Crippen LogP contribution in [-0.4, -0.2) is 11.6 Å². The Kier molecular flexibility index (Phi) is 3.62. The van der Waals surface area contributed by atoms with E-state index in [9.17, 15) is 4.79 Å². The van der Waals surface area contributed by atoms with Crippen LogP contribution in [0.4, 0.5) is 0 Å². The van der Waals surface area contributed by atoms with Gasteiger partial charge in [-0.25, -0.2) is 5.43 Å². The normalized spacial score (nSPS) is 13.3. The number of carbonyl (C=O) groups excluding carboxylic acids is 1. The lowest BCUT2D eigenvalue weighted by atomic mass is 9.98. The van der Waals surface area contributed by atoms with Gasteiger partial charge in [-0.05, 0) is 53.8 Å². The van der Waals surface area contributed by atoms with Crippen molar-refractivity contribution in [2.45, 2.75) is 19.8 Å². The monoisotopic (exact) mass is 314 g/mol. The van der Waals surface area contributed by atoms with E-state index >= 15 is 0 Å². The molecule has 0 aromatic heterocycles. The lowest BCUT2D eigenvalue weighted by Gasteiger charge is -2.09. The van der Waals surface area contributed by atoms with Gasteiger partial charge >= 0.3 is 0 Å². The van der Waals surface area contributed by atoms with Crippen LogP contribution in [0.5, 0.6) is 0 Å². The quantitative estimate of drug-likeness (QED) is 0.574. The summed E-state index contributed by atoms with van der Waals surface area (Å²) in [6.07, 6.45) is 2.22. The Balaban J connectivity index is 1.67. The maximum atomic E-state index is 12.1. The number of benzene rings is 3. The van der Waals surface area contributed by atoms with Crippen molar-refractivity contribution < 1.29 is 4.79 Å². The van der Waals surface area contributed by atoms with E-state index in [-0.39, 0.29) is 5.91 Å². The molecule has 0 spiro atoms. The van der Waals surface area contributed by atoms with Gasteiger partial charge in [-0.2, -0.15) is 5.10 Å². The zero-order chi connectivity index (χ0) is 16.5. The minimum Gasteiger partial charge on any atom is -0.267 e. The van der Waals surface area contributed by atoms with Gasteiger partial charge in [0.1, 0.15) is 0 Å². The molecule has 0 aliphatic heterocycles. The van der Waals surface area contributed by atoms with Crippen LogP contribution in [0.3, 0.4) is 0 Å². The van der Waals surface area contributed by atoms with Gasteiger partial charge in [-0.15, -0.1) is 0 Å². The average Bonchev–Trinajstić information content (AvgIpc) is 3.05. The maximum absolute atomic E-state index is 12.1. The maximum Gasteiger partial charge on any atom is 0.271 e. The highest BCUT2D eigenvalue weighted by molar-refractivity contribution is 6.11. The fraction of sp³-hybridized carbons (Fsp3) is 0.143. The second-order valence-electron chi connectivity index (χ2n) is 6.12. The molecule has 118 valence electrons. The molecule has 1 aliphatic rings. The molecule has 0 heterocycles. The highest BCUT2D eigenvalue weighted by Crippen LogP contribution is 2.32. The summed E-state index contributed by atoms with van der Waals surface area (Å²) in [6, 6.07) is 19.9. The van der Waals surface area contributed by atoms with Crippen molar-refractivity contribution in [2.75, 3.05) is 0 Å². The van der Waals surface area contributed by atoms with Crippen molar-refractivity contribution in [3.63, 3.8) is 0 Å². The number of nitrogens with one attached hydrogen (secondary N) is 1. The summed E-state index contributed by atoms with van der Waals surface area (Å²) < 4.78 is 0. The Morgan fingerprint density at radius 3 is 2.46 bits per heavy atom. The van der Waals surface area contributed by atoms with E-state index in [1.807, 2.05) is 25.1 Å². The van der Waals surface area contributed by atoms with Gasteiger partial charge in [0.25, 0.3) is 5.91 Å². The van der Waals surface area contributed by atoms with Crippen molar-refractivity contribution in [3.8, 4) is 0 Å². The molecule has 3 heteroatoms. The molecule has 1 N–H and O–H groups in total. The largest absolute Gasteiger partial charge is 0.271 e. The fourth-order valence-corrected chi connectivity index (χ4v) is 3.41. The number of carbonyl (C=O) groups is 1. The number of hydrogen-bond acceptors (Lipinski definition) is 2. The molecule has 1 aliphatic carbocycles. The van der Waals surface area contributed by atoms with Gasteiger partial charge in [0.15, 0.2) is 0 Å². The second kappa shape index (κ2) is 5.93. The lowest BCUT2D eigenvalue weighted by Crippen LogP contribution is -2.19. The van der Waals surface area contributed by atoms with Gasteiger partial charge in [-0.3, -0.25) is 4.79 Å². The molecule has 3 aromatic rings. The molecule has 4 rings (SSSR count). The standard InChI is InChI=1S/C21H18N2O/c1-14(22-23-21(24)17-6-3-2-4-7-17)18-13-12-16-11-10-15-8-5-9-19(18)20(15)16/h2-9,12-13H,10-11H2,1H3,(H,23,24)/b22-14+. The van der Waals surface area contributed by atoms with Crippen molar-refractivity contribution >= 4 is 22.4 Å². The molecule has 0 fully saturated rings. The van der Waals surface area contributed by atoms with Crippen molar-refractivity contribution in [1.29, 1.82) is 0 Å². The third-order valence-electron chi connectivity index (χ3n) is 4.63. The predicted molar refractivity (Wildman–Crippen MR) is 97.5 cm³/mol. The minimum absolute atomic E-state index is 0.194. The summed E-state index contributed by atoms with van der Waals surface area (Å²) in [5, 5.41) is 6.90. The molecular weight excluding hydrogens is 296 g/mol. The van der Waals surface area contributed by atoms with Gasteiger partial charge in [0.05, 0.1) is 5.71 Å². The molecule has 3 aromatic carbocycles. The predicted octanol–water partition coefficient (Wildman–Crippen LogP) is 4.09. The Hall–Kier alpha value is -2.94. The highest BCUT2D eigenvalue weighted by Gasteiger charge is 2.16. The lowest BCUT2D eigenvalue weighted by molar-refractivity contribution is 0.0955. The van der Waals surface area contributed by atoms with E-state index in [1.165, 1.54) is 21.9 Å². The van der Waals surface area contributed by atoms with Gasteiger partial charge in [-0.1, -0.05) is 48.5 Å². The first-order valence-corrected chi connectivity index (χ1v) is 8.17. The van der Waals surface area contributed by atoms with E-state index in [2.05, 4.69) is 40.9 Å². The van der Waals surface area contributed by atoms with E-state index in [0.29, 0.717) is 5.56 Å². The molecule has 0 atom stereocenters. The van der Waals surface area contributed by atoms with Crippen LogP contribution in [0.1, 0.15) is 34.0 Å². The van der Waals surface area contributed by atoms with Gasteiger partial charge in [0.2, 0.25) is 0 Å². The number of nitrogens with zero attached hydrogens (tertiary/aromatic N) is 1. The van der Waals surface area contributed by atoms with Crippen LogP contribution >= 0.6 is 0 Å². The minimum atomic E-state index is -0.194. The average molecular weight is 314 g/mol. The summed E-state index contributed by atoms with van der Waals surface area (Å²) in [4.78, 5) is 12.1. The third-order valence-corrected chi connectivity index (χ3v) is 4.63. The molecular formula is C21H18N2O. The zero-order valence-electron chi connectivity index (χ0n) is 13.5. The molecule has 0 saturated heterocycles. The number of rotatable bonds is 3. The number of hydrazone groups is 1. The second-order valence-corrected chi connectivity index (χ2v) is 6.12. The molecule has 24 heavy (non-hydrogen) atoms. The Bertz CT molecular complexity index is 948. The molecule has 0 saturated carbocycles. The summed E-state index contributed by atoms with van der Waals surface area (Å²) in [6.45, 7) is 1.93. The molecule has 0 bridgehead atoms. The molecule has 1 amide bonds. The Labute approximate surface area is 141 Å². The topological polar surface area (TPSA) is 41.5 Å². The van der Waals surface area contributed by atoms with Crippen molar-refractivity contribution in [1.82, 2.24) is 5.43 Å². The summed E-state index contributed by atoms with van der Waals surface area (Å²) >= 11 is 0. The first-order valence-electron chi connectivity index (χ1n) is 8.17. The Morgan fingerprint density at radius 1 is 0.917 bits per heavy atom. The van der Waals surface area contributed by atoms with Gasteiger partial charge in [0, 0.05) is 11.1 Å².